The van der Waals surface area contributed by atoms with E-state index >= 15 is 0 Å². The number of aliphatic hydroxyl groups excluding tert-OH is 2. The predicted octanol–water partition coefficient (Wildman–Crippen LogP) is 1.81. The first-order valence-electron chi connectivity index (χ1n) is 8.44. The lowest BCUT2D eigenvalue weighted by Crippen LogP contribution is -2.30. The predicted molar refractivity (Wildman–Crippen MR) is 97.6 cm³/mol. The number of benzene rings is 1. The molecule has 0 fully saturated rings. The Kier molecular flexibility index (Phi) is 7.84. The maximum Gasteiger partial charge on any atom is 0.407 e. The zero-order valence-electron chi connectivity index (χ0n) is 15.3. The van der Waals surface area contributed by atoms with Gasteiger partial charge in [0.1, 0.15) is 12.7 Å². The van der Waals surface area contributed by atoms with Gasteiger partial charge in [0.2, 0.25) is 11.8 Å². The Morgan fingerprint density at radius 3 is 2.52 bits per heavy atom. The fourth-order valence-corrected chi connectivity index (χ4v) is 2.40. The summed E-state index contributed by atoms with van der Waals surface area (Å²) >= 11 is 0. The Balaban J connectivity index is 1.79. The third-order valence-corrected chi connectivity index (χ3v) is 3.87. The Morgan fingerprint density at radius 1 is 1.11 bits per heavy atom. The number of hydrogen-bond acceptors (Lipinski definition) is 7. The molecule has 2 rings (SSSR count). The molecule has 1 aromatic heterocycles. The molecule has 0 saturated heterocycles. The van der Waals surface area contributed by atoms with Crippen molar-refractivity contribution < 1.29 is 29.2 Å². The topological polar surface area (TPSA) is 110 Å². The van der Waals surface area contributed by atoms with Crippen LogP contribution in [0.3, 0.4) is 0 Å². The minimum absolute atomic E-state index is 0.122. The quantitative estimate of drug-likeness (QED) is 0.612. The van der Waals surface area contributed by atoms with Crippen LogP contribution in [-0.2, 0) is 11.3 Å². The molecule has 1 heterocycles. The van der Waals surface area contributed by atoms with E-state index in [1.165, 1.54) is 14.2 Å². The van der Waals surface area contributed by atoms with Crippen LogP contribution in [0.5, 0.6) is 11.8 Å². The van der Waals surface area contributed by atoms with Gasteiger partial charge in [0, 0.05) is 18.2 Å². The number of pyridine rings is 1. The SMILES string of the molecule is COc1ccc(C(O)C(O)CCNC(=O)OCc2ccccc2)c(OC)n1. The Labute approximate surface area is 157 Å². The summed E-state index contributed by atoms with van der Waals surface area (Å²) in [4.78, 5) is 15.8. The molecule has 2 unspecified atom stereocenters. The van der Waals surface area contributed by atoms with Gasteiger partial charge in [-0.1, -0.05) is 30.3 Å². The third-order valence-electron chi connectivity index (χ3n) is 3.87. The highest BCUT2D eigenvalue weighted by Crippen LogP contribution is 2.28. The molecule has 146 valence electrons. The highest BCUT2D eigenvalue weighted by atomic mass is 16.5. The molecule has 0 aliphatic heterocycles. The van der Waals surface area contributed by atoms with Gasteiger partial charge in [0.15, 0.2) is 0 Å². The summed E-state index contributed by atoms with van der Waals surface area (Å²) in [6.45, 7) is 0.296. The van der Waals surface area contributed by atoms with Gasteiger partial charge in [-0.15, -0.1) is 0 Å². The van der Waals surface area contributed by atoms with E-state index in [2.05, 4.69) is 10.3 Å². The summed E-state index contributed by atoms with van der Waals surface area (Å²) in [6, 6.07) is 12.4. The van der Waals surface area contributed by atoms with Crippen molar-refractivity contribution >= 4 is 6.09 Å². The highest BCUT2D eigenvalue weighted by Gasteiger charge is 2.23. The molecule has 8 nitrogen and oxygen atoms in total. The lowest BCUT2D eigenvalue weighted by Gasteiger charge is -2.20. The van der Waals surface area contributed by atoms with Gasteiger partial charge < -0.3 is 29.7 Å². The van der Waals surface area contributed by atoms with Crippen molar-refractivity contribution in [1.29, 1.82) is 0 Å². The van der Waals surface area contributed by atoms with Crippen molar-refractivity contribution in [3.8, 4) is 11.8 Å². The van der Waals surface area contributed by atoms with Crippen LogP contribution in [0.1, 0.15) is 23.7 Å². The van der Waals surface area contributed by atoms with Gasteiger partial charge >= 0.3 is 6.09 Å². The van der Waals surface area contributed by atoms with E-state index in [1.807, 2.05) is 30.3 Å². The second-order valence-corrected chi connectivity index (χ2v) is 5.74. The van der Waals surface area contributed by atoms with Crippen molar-refractivity contribution in [2.24, 2.45) is 0 Å². The van der Waals surface area contributed by atoms with E-state index in [-0.39, 0.29) is 25.5 Å². The number of carbonyl (C=O) groups is 1. The van der Waals surface area contributed by atoms with E-state index in [0.717, 1.165) is 5.56 Å². The van der Waals surface area contributed by atoms with E-state index in [4.69, 9.17) is 14.2 Å². The summed E-state index contributed by atoms with van der Waals surface area (Å²) in [7, 11) is 2.88. The lowest BCUT2D eigenvalue weighted by atomic mass is 10.0. The Morgan fingerprint density at radius 2 is 1.85 bits per heavy atom. The second kappa shape index (κ2) is 10.3. The molecular weight excluding hydrogens is 352 g/mol. The van der Waals surface area contributed by atoms with Crippen molar-refractivity contribution in [2.75, 3.05) is 20.8 Å². The Hall–Kier alpha value is -2.84. The fourth-order valence-electron chi connectivity index (χ4n) is 2.40. The average molecular weight is 376 g/mol. The highest BCUT2D eigenvalue weighted by molar-refractivity contribution is 5.67. The minimum Gasteiger partial charge on any atom is -0.481 e. The van der Waals surface area contributed by atoms with Crippen molar-refractivity contribution in [3.63, 3.8) is 0 Å². The molecule has 1 aromatic carbocycles. The Bertz CT molecular complexity index is 725. The van der Waals surface area contributed by atoms with Gasteiger partial charge in [0.05, 0.1) is 20.3 Å². The smallest absolute Gasteiger partial charge is 0.407 e. The molecule has 0 radical (unpaired) electrons. The lowest BCUT2D eigenvalue weighted by molar-refractivity contribution is 0.0119. The molecule has 0 saturated carbocycles. The summed E-state index contributed by atoms with van der Waals surface area (Å²) in [5.41, 5.74) is 1.21. The van der Waals surface area contributed by atoms with Crippen LogP contribution in [0.25, 0.3) is 0 Å². The number of ether oxygens (including phenoxy) is 3. The first-order chi connectivity index (χ1) is 13.0. The van der Waals surface area contributed by atoms with E-state index in [1.54, 1.807) is 12.1 Å². The van der Waals surface area contributed by atoms with Crippen LogP contribution >= 0.6 is 0 Å². The van der Waals surface area contributed by atoms with Crippen LogP contribution in [0, 0.1) is 0 Å². The van der Waals surface area contributed by atoms with Crippen molar-refractivity contribution in [1.82, 2.24) is 10.3 Å². The van der Waals surface area contributed by atoms with Crippen LogP contribution in [0.4, 0.5) is 4.79 Å². The number of nitrogens with zero attached hydrogens (tertiary/aromatic N) is 1. The molecule has 3 N–H and O–H groups in total. The first kappa shape index (κ1) is 20.5. The van der Waals surface area contributed by atoms with Gasteiger partial charge in [-0.3, -0.25) is 0 Å². The number of aliphatic hydroxyl groups is 2. The van der Waals surface area contributed by atoms with Crippen LogP contribution in [-0.4, -0.2) is 48.2 Å². The monoisotopic (exact) mass is 376 g/mol. The number of carbonyl (C=O) groups excluding carboxylic acids is 1. The van der Waals surface area contributed by atoms with E-state index in [0.29, 0.717) is 11.4 Å². The van der Waals surface area contributed by atoms with Crippen LogP contribution in [0.2, 0.25) is 0 Å². The maximum atomic E-state index is 11.7. The molecule has 8 heteroatoms. The molecular formula is C19H24N2O6. The second-order valence-electron chi connectivity index (χ2n) is 5.74. The summed E-state index contributed by atoms with van der Waals surface area (Å²) in [5, 5.41) is 23.0. The molecule has 0 aliphatic carbocycles. The number of methoxy groups -OCH3 is 2. The minimum atomic E-state index is -1.22. The fraction of sp³-hybridized carbons (Fsp3) is 0.368. The largest absolute Gasteiger partial charge is 0.481 e. The van der Waals surface area contributed by atoms with Gasteiger partial charge in [-0.25, -0.2) is 4.79 Å². The average Bonchev–Trinajstić information content (AvgIpc) is 2.71. The summed E-state index contributed by atoms with van der Waals surface area (Å²) < 4.78 is 15.2. The van der Waals surface area contributed by atoms with Crippen molar-refractivity contribution in [3.05, 3.63) is 53.6 Å². The van der Waals surface area contributed by atoms with Crippen LogP contribution in [0.15, 0.2) is 42.5 Å². The zero-order chi connectivity index (χ0) is 19.6. The number of aromatic nitrogens is 1. The molecule has 0 bridgehead atoms. The van der Waals surface area contributed by atoms with E-state index < -0.39 is 18.3 Å². The molecule has 2 atom stereocenters. The maximum absolute atomic E-state index is 11.7. The van der Waals surface area contributed by atoms with Gasteiger partial charge in [-0.2, -0.15) is 4.98 Å². The third kappa shape index (κ3) is 6.12. The standard InChI is InChI=1S/C19H24N2O6/c1-25-16-9-8-14(18(21-16)26-2)17(23)15(22)10-11-20-19(24)27-12-13-6-4-3-5-7-13/h3-9,15,17,22-23H,10-12H2,1-2H3,(H,20,24). The van der Waals surface area contributed by atoms with E-state index in [9.17, 15) is 15.0 Å². The van der Waals surface area contributed by atoms with Crippen molar-refractivity contribution in [2.45, 2.75) is 25.2 Å². The number of nitrogens with one attached hydrogen (secondary N) is 1. The first-order valence-corrected chi connectivity index (χ1v) is 8.44. The number of alkyl carbamates (subject to hydrolysis) is 1. The molecule has 0 spiro atoms. The molecule has 27 heavy (non-hydrogen) atoms. The zero-order valence-corrected chi connectivity index (χ0v) is 15.3. The molecule has 1 amide bonds. The number of amides is 1. The van der Waals surface area contributed by atoms with Crippen LogP contribution < -0.4 is 14.8 Å². The summed E-state index contributed by atoms with van der Waals surface area (Å²) in [5.74, 6) is 0.497. The van der Waals surface area contributed by atoms with Gasteiger partial charge in [-0.05, 0) is 18.1 Å². The normalized spacial score (nSPS) is 12.7. The number of rotatable bonds is 9. The molecule has 0 aliphatic rings. The summed E-state index contributed by atoms with van der Waals surface area (Å²) in [6.07, 6.45) is -2.81. The number of hydrogen-bond donors (Lipinski definition) is 3. The molecule has 2 aromatic rings. The van der Waals surface area contributed by atoms with Gasteiger partial charge in [0.25, 0.3) is 0 Å².